The molecule has 0 saturated carbocycles. The summed E-state index contributed by atoms with van der Waals surface area (Å²) in [6.45, 7) is 4.93. The van der Waals surface area contributed by atoms with Gasteiger partial charge in [-0.25, -0.2) is 0 Å². The first-order chi connectivity index (χ1) is 14.8. The Balaban J connectivity index is 1.59. The van der Waals surface area contributed by atoms with Crippen LogP contribution in [-0.2, 0) is 20.9 Å². The first-order valence-corrected chi connectivity index (χ1v) is 9.93. The van der Waals surface area contributed by atoms with Crippen molar-refractivity contribution >= 4 is 34.2 Å². The molecule has 0 aliphatic rings. The molecule has 1 aromatic heterocycles. The number of nitrogens with zero attached hydrogens (tertiary/aromatic N) is 1. The first-order valence-electron chi connectivity index (χ1n) is 9.93. The number of rotatable bonds is 8. The predicted molar refractivity (Wildman–Crippen MR) is 122 cm³/mol. The van der Waals surface area contributed by atoms with Crippen LogP contribution >= 0.6 is 0 Å². The fourth-order valence-corrected chi connectivity index (χ4v) is 3.34. The van der Waals surface area contributed by atoms with Gasteiger partial charge in [0.15, 0.2) is 6.61 Å². The molecular weight excluding hydrogens is 392 g/mol. The Labute approximate surface area is 181 Å². The Morgan fingerprint density at radius 2 is 1.71 bits per heavy atom. The second-order valence-corrected chi connectivity index (χ2v) is 7.28. The zero-order valence-electron chi connectivity index (χ0n) is 17.9. The van der Waals surface area contributed by atoms with Gasteiger partial charge in [0.05, 0.1) is 11.4 Å². The first kappa shape index (κ1) is 21.8. The molecule has 0 unspecified atom stereocenters. The molecule has 0 bridgehead atoms. The Hall–Kier alpha value is -3.87. The molecule has 0 spiro atoms. The van der Waals surface area contributed by atoms with E-state index in [1.807, 2.05) is 72.3 Å². The molecule has 0 aliphatic carbocycles. The van der Waals surface area contributed by atoms with Crippen LogP contribution in [0.3, 0.4) is 0 Å². The monoisotopic (exact) mass is 418 g/mol. The quantitative estimate of drug-likeness (QED) is 0.381. The molecule has 31 heavy (non-hydrogen) atoms. The molecule has 2 aromatic carbocycles. The van der Waals surface area contributed by atoms with Crippen LogP contribution in [0.25, 0.3) is 10.9 Å². The van der Waals surface area contributed by atoms with Crippen LogP contribution < -0.4 is 10.6 Å². The molecule has 160 valence electrons. The summed E-state index contributed by atoms with van der Waals surface area (Å²) in [5.74, 6) is -1.01. The molecule has 0 aliphatic heterocycles. The normalized spacial score (nSPS) is 11.6. The number of benzene rings is 2. The van der Waals surface area contributed by atoms with Crippen molar-refractivity contribution in [1.82, 2.24) is 9.88 Å². The number of aryl methyl sites for hydroxylation is 1. The SMILES string of the molecule is CC(=N)/C(NC(=O)COC(=O)Cn1cc(C)c2ccccc21)=C(/C)Nc1ccccc1. The standard InChI is InChI=1S/C24H26N4O3/c1-16-13-28(21-12-8-7-11-20(16)21)14-23(30)31-15-22(29)27-24(17(2)25)18(3)26-19-9-5-4-6-10-19/h4-13,25-26H,14-15H2,1-3H3,(H,27,29)/b24-18+,25-17?. The number of carbonyl (C=O) groups is 2. The van der Waals surface area contributed by atoms with E-state index in [2.05, 4.69) is 10.6 Å². The van der Waals surface area contributed by atoms with Crippen molar-refractivity contribution in [2.45, 2.75) is 27.3 Å². The Morgan fingerprint density at radius 1 is 1.03 bits per heavy atom. The Morgan fingerprint density at radius 3 is 2.42 bits per heavy atom. The maximum absolute atomic E-state index is 12.3. The van der Waals surface area contributed by atoms with E-state index in [0.717, 1.165) is 22.2 Å². The molecule has 0 fully saturated rings. The fraction of sp³-hybridized carbons (Fsp3) is 0.208. The summed E-state index contributed by atoms with van der Waals surface area (Å²) < 4.78 is 6.97. The minimum absolute atomic E-state index is 0.0164. The van der Waals surface area contributed by atoms with Crippen molar-refractivity contribution in [1.29, 1.82) is 5.41 Å². The summed E-state index contributed by atoms with van der Waals surface area (Å²) in [5.41, 5.74) is 4.00. The summed E-state index contributed by atoms with van der Waals surface area (Å²) >= 11 is 0. The zero-order valence-corrected chi connectivity index (χ0v) is 17.9. The van der Waals surface area contributed by atoms with Gasteiger partial charge < -0.3 is 25.3 Å². The van der Waals surface area contributed by atoms with E-state index in [0.29, 0.717) is 11.4 Å². The molecule has 3 N–H and O–H groups in total. The second-order valence-electron chi connectivity index (χ2n) is 7.28. The molecular formula is C24H26N4O3. The molecule has 7 heteroatoms. The summed E-state index contributed by atoms with van der Waals surface area (Å²) in [6.07, 6.45) is 1.89. The highest BCUT2D eigenvalue weighted by atomic mass is 16.5. The van der Waals surface area contributed by atoms with Crippen LogP contribution in [0.4, 0.5) is 5.69 Å². The van der Waals surface area contributed by atoms with E-state index < -0.39 is 18.5 Å². The third-order valence-electron chi connectivity index (χ3n) is 4.77. The number of ether oxygens (including phenoxy) is 1. The lowest BCUT2D eigenvalue weighted by Crippen LogP contribution is -2.32. The maximum Gasteiger partial charge on any atom is 0.326 e. The number of amides is 1. The van der Waals surface area contributed by atoms with Crippen LogP contribution in [0.15, 0.2) is 72.2 Å². The van der Waals surface area contributed by atoms with E-state index in [9.17, 15) is 9.59 Å². The number of aromatic nitrogens is 1. The van der Waals surface area contributed by atoms with Gasteiger partial charge in [0.1, 0.15) is 6.54 Å². The van der Waals surface area contributed by atoms with Crippen molar-refractivity contribution in [2.24, 2.45) is 0 Å². The lowest BCUT2D eigenvalue weighted by atomic mass is 10.2. The van der Waals surface area contributed by atoms with Gasteiger partial charge in [-0.1, -0.05) is 36.4 Å². The fourth-order valence-electron chi connectivity index (χ4n) is 3.34. The highest BCUT2D eigenvalue weighted by Crippen LogP contribution is 2.20. The van der Waals surface area contributed by atoms with Gasteiger partial charge in [-0.15, -0.1) is 0 Å². The number of esters is 1. The number of nitrogens with one attached hydrogen (secondary N) is 3. The van der Waals surface area contributed by atoms with Crippen molar-refractivity contribution in [3.05, 3.63) is 77.8 Å². The topological polar surface area (TPSA) is 96.2 Å². The average molecular weight is 418 g/mol. The van der Waals surface area contributed by atoms with E-state index >= 15 is 0 Å². The van der Waals surface area contributed by atoms with Gasteiger partial charge in [0, 0.05) is 28.5 Å². The molecule has 0 radical (unpaired) electrons. The molecule has 7 nitrogen and oxygen atoms in total. The van der Waals surface area contributed by atoms with Crippen LogP contribution in [-0.4, -0.2) is 28.8 Å². The number of hydrogen-bond donors (Lipinski definition) is 3. The minimum Gasteiger partial charge on any atom is -0.454 e. The summed E-state index contributed by atoms with van der Waals surface area (Å²) in [6, 6.07) is 17.3. The van der Waals surface area contributed by atoms with Gasteiger partial charge in [0.2, 0.25) is 0 Å². The van der Waals surface area contributed by atoms with Gasteiger partial charge in [-0.2, -0.15) is 0 Å². The van der Waals surface area contributed by atoms with Crippen LogP contribution in [0, 0.1) is 12.3 Å². The Bertz CT molecular complexity index is 1150. The molecule has 1 amide bonds. The van der Waals surface area contributed by atoms with E-state index in [-0.39, 0.29) is 12.3 Å². The third-order valence-corrected chi connectivity index (χ3v) is 4.77. The van der Waals surface area contributed by atoms with Gasteiger partial charge in [-0.3, -0.25) is 9.59 Å². The molecule has 3 rings (SSSR count). The predicted octanol–water partition coefficient (Wildman–Crippen LogP) is 3.99. The highest BCUT2D eigenvalue weighted by molar-refractivity contribution is 6.00. The molecule has 0 saturated heterocycles. The molecule has 0 atom stereocenters. The van der Waals surface area contributed by atoms with Crippen molar-refractivity contribution in [2.75, 3.05) is 11.9 Å². The van der Waals surface area contributed by atoms with Gasteiger partial charge in [0.25, 0.3) is 5.91 Å². The third kappa shape index (κ3) is 5.60. The van der Waals surface area contributed by atoms with Crippen LogP contribution in [0.5, 0.6) is 0 Å². The second kappa shape index (κ2) is 9.75. The Kier molecular flexibility index (Phi) is 6.87. The summed E-state index contributed by atoms with van der Waals surface area (Å²) in [5, 5.41) is 14.9. The van der Waals surface area contributed by atoms with E-state index in [1.54, 1.807) is 13.8 Å². The van der Waals surface area contributed by atoms with Crippen molar-refractivity contribution in [3.63, 3.8) is 0 Å². The van der Waals surface area contributed by atoms with Gasteiger partial charge >= 0.3 is 5.97 Å². The number of allylic oxidation sites excluding steroid dienone is 2. The number of hydrogen-bond acceptors (Lipinski definition) is 5. The highest BCUT2D eigenvalue weighted by Gasteiger charge is 2.14. The van der Waals surface area contributed by atoms with E-state index in [4.69, 9.17) is 10.1 Å². The van der Waals surface area contributed by atoms with Crippen LogP contribution in [0.2, 0.25) is 0 Å². The van der Waals surface area contributed by atoms with Crippen molar-refractivity contribution < 1.29 is 14.3 Å². The minimum atomic E-state index is -0.507. The number of fused-ring (bicyclic) bond motifs is 1. The lowest BCUT2D eigenvalue weighted by molar-refractivity contribution is -0.148. The van der Waals surface area contributed by atoms with E-state index in [1.165, 1.54) is 0 Å². The van der Waals surface area contributed by atoms with Crippen molar-refractivity contribution in [3.8, 4) is 0 Å². The molecule has 3 aromatic rings. The number of anilines is 1. The summed E-state index contributed by atoms with van der Waals surface area (Å²) in [7, 11) is 0. The van der Waals surface area contributed by atoms with Crippen LogP contribution in [0.1, 0.15) is 19.4 Å². The number of carbonyl (C=O) groups excluding carboxylic acids is 2. The molecule has 1 heterocycles. The largest absolute Gasteiger partial charge is 0.454 e. The maximum atomic E-state index is 12.3. The number of para-hydroxylation sites is 2. The lowest BCUT2D eigenvalue weighted by Gasteiger charge is -2.15. The van der Waals surface area contributed by atoms with Gasteiger partial charge in [-0.05, 0) is 44.5 Å². The summed E-state index contributed by atoms with van der Waals surface area (Å²) in [4.78, 5) is 24.6. The smallest absolute Gasteiger partial charge is 0.326 e. The average Bonchev–Trinajstić information content (AvgIpc) is 3.06. The zero-order chi connectivity index (χ0) is 22.4.